The van der Waals surface area contributed by atoms with Crippen molar-refractivity contribution in [2.75, 3.05) is 43.6 Å². The lowest BCUT2D eigenvalue weighted by Gasteiger charge is -2.23. The molecule has 41 heavy (non-hydrogen) atoms. The van der Waals surface area contributed by atoms with E-state index in [9.17, 15) is 27.2 Å². The summed E-state index contributed by atoms with van der Waals surface area (Å²) in [7, 11) is 0.618. The van der Waals surface area contributed by atoms with Crippen LogP contribution in [0.3, 0.4) is 0 Å². The first-order chi connectivity index (χ1) is 19.4. The second-order valence-corrected chi connectivity index (χ2v) is 11.6. The molecule has 0 aliphatic carbocycles. The van der Waals surface area contributed by atoms with Gasteiger partial charge < -0.3 is 15.0 Å². The lowest BCUT2D eigenvalue weighted by atomic mass is 9.90. The number of nitrogens with one attached hydrogen (secondary N) is 1. The van der Waals surface area contributed by atoms with E-state index in [-0.39, 0.29) is 24.6 Å². The molecule has 0 saturated carbocycles. The van der Waals surface area contributed by atoms with Crippen LogP contribution in [0.2, 0.25) is 0 Å². The maximum absolute atomic E-state index is 13.9. The minimum atomic E-state index is -3.76. The minimum Gasteiger partial charge on any atom is -0.469 e. The van der Waals surface area contributed by atoms with Gasteiger partial charge in [-0.2, -0.15) is 0 Å². The largest absolute Gasteiger partial charge is 0.469 e. The predicted octanol–water partition coefficient (Wildman–Crippen LogP) is 3.25. The number of rotatable bonds is 9. The Hall–Kier alpha value is -4.58. The van der Waals surface area contributed by atoms with Crippen LogP contribution in [0.5, 0.6) is 0 Å². The zero-order chi connectivity index (χ0) is 29.9. The van der Waals surface area contributed by atoms with Gasteiger partial charge in [0.25, 0.3) is 0 Å². The van der Waals surface area contributed by atoms with Crippen LogP contribution in [-0.4, -0.2) is 70.8 Å². The quantitative estimate of drug-likeness (QED) is 0.306. The molecule has 10 nitrogen and oxygen atoms in total. The fourth-order valence-corrected chi connectivity index (χ4v) is 5.18. The first-order valence-corrected chi connectivity index (χ1v) is 14.3. The summed E-state index contributed by atoms with van der Waals surface area (Å²) in [5.41, 5.74) is 3.25. The van der Waals surface area contributed by atoms with Gasteiger partial charge in [-0.3, -0.25) is 23.7 Å². The van der Waals surface area contributed by atoms with Gasteiger partial charge in [0.05, 0.1) is 36.9 Å². The highest BCUT2D eigenvalue weighted by Gasteiger charge is 2.35. The molecular weight excluding hydrogens is 551 g/mol. The number of anilines is 2. The van der Waals surface area contributed by atoms with E-state index in [1.54, 1.807) is 36.4 Å². The van der Waals surface area contributed by atoms with Gasteiger partial charge in [0.15, 0.2) is 0 Å². The van der Waals surface area contributed by atoms with Crippen molar-refractivity contribution in [3.05, 3.63) is 89.2 Å². The molecule has 0 saturated heterocycles. The van der Waals surface area contributed by atoms with Crippen molar-refractivity contribution in [3.63, 3.8) is 0 Å². The topological polar surface area (TPSA) is 125 Å². The number of hydrogen-bond donors (Lipinski definition) is 1. The van der Waals surface area contributed by atoms with Crippen molar-refractivity contribution in [2.24, 2.45) is 4.99 Å². The van der Waals surface area contributed by atoms with Crippen LogP contribution in [0.1, 0.15) is 22.6 Å². The fraction of sp³-hybridized carbons (Fsp3) is 0.241. The van der Waals surface area contributed by atoms with Crippen molar-refractivity contribution in [3.8, 4) is 0 Å². The number of carbonyl (C=O) groups is 3. The summed E-state index contributed by atoms with van der Waals surface area (Å²) in [5.74, 6) is -2.52. The van der Waals surface area contributed by atoms with E-state index in [0.717, 1.165) is 10.6 Å². The molecule has 0 bridgehead atoms. The van der Waals surface area contributed by atoms with E-state index in [4.69, 9.17) is 9.73 Å². The summed E-state index contributed by atoms with van der Waals surface area (Å²) < 4.78 is 44.5. The van der Waals surface area contributed by atoms with Gasteiger partial charge in [0, 0.05) is 19.8 Å². The molecule has 1 unspecified atom stereocenters. The molecule has 0 fully saturated rings. The van der Waals surface area contributed by atoms with Gasteiger partial charge >= 0.3 is 5.97 Å². The molecule has 1 atom stereocenters. The zero-order valence-corrected chi connectivity index (χ0v) is 23.7. The van der Waals surface area contributed by atoms with Crippen LogP contribution in [0, 0.1) is 5.82 Å². The number of amides is 2. The number of nitrogens with zero attached hydrogens (tertiary/aromatic N) is 3. The average Bonchev–Trinajstić information content (AvgIpc) is 3.24. The number of methoxy groups -OCH3 is 1. The van der Waals surface area contributed by atoms with Gasteiger partial charge in [-0.25, -0.2) is 12.8 Å². The van der Waals surface area contributed by atoms with Crippen LogP contribution in [0.15, 0.2) is 71.7 Å². The minimum absolute atomic E-state index is 0.0733. The van der Waals surface area contributed by atoms with Gasteiger partial charge in [-0.05, 0) is 53.1 Å². The number of benzene rings is 3. The molecular formula is C29H29FN4O6S. The van der Waals surface area contributed by atoms with Crippen molar-refractivity contribution in [1.82, 2.24) is 4.90 Å². The third-order valence-corrected chi connectivity index (χ3v) is 7.65. The van der Waals surface area contributed by atoms with E-state index in [2.05, 4.69) is 5.32 Å². The smallest absolute Gasteiger partial charge is 0.309 e. The molecule has 2 amide bonds. The third kappa shape index (κ3) is 6.77. The molecule has 1 N–H and O–H groups in total. The predicted molar refractivity (Wildman–Crippen MR) is 153 cm³/mol. The molecule has 1 aliphatic heterocycles. The van der Waals surface area contributed by atoms with E-state index < -0.39 is 33.6 Å². The second kappa shape index (κ2) is 11.9. The molecule has 1 heterocycles. The number of hydrogen-bond acceptors (Lipinski definition) is 7. The summed E-state index contributed by atoms with van der Waals surface area (Å²) in [4.78, 5) is 43.1. The maximum atomic E-state index is 13.9. The van der Waals surface area contributed by atoms with Crippen LogP contribution >= 0.6 is 0 Å². The lowest BCUT2D eigenvalue weighted by molar-refractivity contribution is -0.139. The number of likely N-dealkylation sites (N-methyl/N-ethyl adjacent to an activating group) is 1. The van der Waals surface area contributed by atoms with E-state index >= 15 is 0 Å². The van der Waals surface area contributed by atoms with Crippen LogP contribution in [0.4, 0.5) is 21.5 Å². The normalized spacial score (nSPS) is 14.7. The molecule has 12 heteroatoms. The molecule has 214 valence electrons. The van der Waals surface area contributed by atoms with Crippen LogP contribution < -0.4 is 9.62 Å². The summed E-state index contributed by atoms with van der Waals surface area (Å²) in [5, 5.41) is 2.71. The molecule has 3 aromatic rings. The summed E-state index contributed by atoms with van der Waals surface area (Å²) in [6.45, 7) is -0.368. The first-order valence-electron chi connectivity index (χ1n) is 12.5. The second-order valence-electron chi connectivity index (χ2n) is 9.67. The van der Waals surface area contributed by atoms with Crippen LogP contribution in [-0.2, 0) is 35.6 Å². The van der Waals surface area contributed by atoms with E-state index in [1.807, 2.05) is 0 Å². The number of fused-ring (bicyclic) bond motifs is 1. The number of esters is 1. The van der Waals surface area contributed by atoms with Gasteiger partial charge in [-0.1, -0.05) is 30.3 Å². The Morgan fingerprint density at radius 3 is 2.27 bits per heavy atom. The standard InChI is InChI=1S/C29H29FN4O6S/c1-33(2)25(35)17-34(41(4,38)39)22-12-10-21(11-13-22)31-28(19-7-5-18(6-8-19)15-26(36)40-3)27-23-14-9-20(30)16-24(23)32-29(27)37/h5-14,16,27H,15,17H2,1-4H3,(H,32,37). The molecule has 3 aromatic carbocycles. The molecule has 1 aliphatic rings. The third-order valence-electron chi connectivity index (χ3n) is 6.51. The van der Waals surface area contributed by atoms with Gasteiger partial charge in [0.2, 0.25) is 21.8 Å². The molecule has 0 aromatic heterocycles. The van der Waals surface area contributed by atoms with Crippen LogP contribution in [0.25, 0.3) is 0 Å². The number of aliphatic imine (C=N–C) groups is 1. The van der Waals surface area contributed by atoms with Crippen molar-refractivity contribution >= 4 is 50.6 Å². The first kappa shape index (κ1) is 29.4. The fourth-order valence-electron chi connectivity index (χ4n) is 4.33. The highest BCUT2D eigenvalue weighted by Crippen LogP contribution is 2.37. The Labute approximate surface area is 237 Å². The Kier molecular flexibility index (Phi) is 8.52. The van der Waals surface area contributed by atoms with Gasteiger partial charge in [0.1, 0.15) is 18.3 Å². The number of carbonyl (C=O) groups excluding carboxylic acids is 3. The Morgan fingerprint density at radius 2 is 1.68 bits per heavy atom. The average molecular weight is 581 g/mol. The monoisotopic (exact) mass is 580 g/mol. The SMILES string of the molecule is COC(=O)Cc1ccc(C(=Nc2ccc(N(CC(=O)N(C)C)S(C)(=O)=O)cc2)C2C(=O)Nc3cc(F)ccc32)cc1. The Morgan fingerprint density at radius 1 is 1.02 bits per heavy atom. The molecule has 0 radical (unpaired) electrons. The number of ether oxygens (including phenoxy) is 1. The number of sulfonamides is 1. The van der Waals surface area contributed by atoms with E-state index in [0.29, 0.717) is 33.8 Å². The van der Waals surface area contributed by atoms with Crippen molar-refractivity contribution in [1.29, 1.82) is 0 Å². The Balaban J connectivity index is 1.76. The molecule has 0 spiro atoms. The van der Waals surface area contributed by atoms with E-state index in [1.165, 1.54) is 56.4 Å². The highest BCUT2D eigenvalue weighted by atomic mass is 32.2. The summed E-state index contributed by atoms with van der Waals surface area (Å²) in [6.07, 6.45) is 1.09. The number of halogens is 1. The summed E-state index contributed by atoms with van der Waals surface area (Å²) in [6, 6.07) is 17.2. The van der Waals surface area contributed by atoms with Gasteiger partial charge in [-0.15, -0.1) is 0 Å². The molecule has 4 rings (SSSR count). The lowest BCUT2D eigenvalue weighted by Crippen LogP contribution is -2.39. The van der Waals surface area contributed by atoms with Crippen molar-refractivity contribution < 1.29 is 31.9 Å². The zero-order valence-electron chi connectivity index (χ0n) is 22.9. The van der Waals surface area contributed by atoms with Crippen molar-refractivity contribution in [2.45, 2.75) is 12.3 Å². The Bertz CT molecular complexity index is 1620. The summed E-state index contributed by atoms with van der Waals surface area (Å²) >= 11 is 0. The highest BCUT2D eigenvalue weighted by molar-refractivity contribution is 7.92. The maximum Gasteiger partial charge on any atom is 0.309 e.